The second kappa shape index (κ2) is 8.02. The number of nitrogens with zero attached hydrogens (tertiary/aromatic N) is 1. The second-order valence-electron chi connectivity index (χ2n) is 5.24. The fourth-order valence-electron chi connectivity index (χ4n) is 2.07. The molecule has 0 spiro atoms. The molecule has 2 aromatic rings. The number of aliphatic carboxylic acids is 1. The third-order valence-corrected chi connectivity index (χ3v) is 3.43. The van der Waals surface area contributed by atoms with Gasteiger partial charge in [-0.3, -0.25) is 4.99 Å². The van der Waals surface area contributed by atoms with Gasteiger partial charge in [0.1, 0.15) is 11.3 Å². The number of carboxylic acids is 2. The van der Waals surface area contributed by atoms with E-state index in [2.05, 4.69) is 4.99 Å². The van der Waals surface area contributed by atoms with Crippen LogP contribution in [0.1, 0.15) is 22.8 Å². The minimum Gasteiger partial charge on any atom is -0.507 e. The Balaban J connectivity index is 2.40. The number of aliphatic imine (C=N–C) groups is 1. The lowest BCUT2D eigenvalue weighted by Gasteiger charge is -2.15. The number of hydrogen-bond acceptors (Lipinski definition) is 6. The van der Waals surface area contributed by atoms with Crippen LogP contribution in [-0.4, -0.2) is 46.7 Å². The molecule has 0 aliphatic carbocycles. The van der Waals surface area contributed by atoms with Crippen molar-refractivity contribution in [2.24, 2.45) is 4.99 Å². The van der Waals surface area contributed by atoms with Crippen LogP contribution in [-0.2, 0) is 4.79 Å². The van der Waals surface area contributed by atoms with Gasteiger partial charge in [0.05, 0.1) is 12.8 Å². The van der Waals surface area contributed by atoms with Gasteiger partial charge in [0.2, 0.25) is 0 Å². The van der Waals surface area contributed by atoms with Gasteiger partial charge in [-0.05, 0) is 37.3 Å². The molecule has 0 unspecified atom stereocenters. The van der Waals surface area contributed by atoms with E-state index >= 15 is 0 Å². The van der Waals surface area contributed by atoms with Gasteiger partial charge in [-0.2, -0.15) is 0 Å². The molecule has 3 N–H and O–H groups in total. The number of carbonyl (C=O) groups is 2. The summed E-state index contributed by atoms with van der Waals surface area (Å²) in [6.07, 6.45) is 0.287. The van der Waals surface area contributed by atoms with Gasteiger partial charge in [0, 0.05) is 11.8 Å². The minimum absolute atomic E-state index is 0.200. The zero-order valence-electron chi connectivity index (χ0n) is 14.0. The molecule has 0 fully saturated rings. The number of carboxylic acid groups (broad SMARTS) is 2. The van der Waals surface area contributed by atoms with E-state index in [1.807, 2.05) is 0 Å². The summed E-state index contributed by atoms with van der Waals surface area (Å²) in [5.74, 6) is -2.24. The Morgan fingerprint density at radius 2 is 1.92 bits per heavy atom. The number of para-hydroxylation sites is 1. The highest BCUT2D eigenvalue weighted by atomic mass is 16.5. The smallest absolute Gasteiger partial charge is 0.344 e. The summed E-state index contributed by atoms with van der Waals surface area (Å²) < 4.78 is 10.6. The Morgan fingerprint density at radius 3 is 2.54 bits per heavy atom. The van der Waals surface area contributed by atoms with Gasteiger partial charge in [0.25, 0.3) is 0 Å². The molecule has 0 radical (unpaired) electrons. The molecule has 0 bridgehead atoms. The van der Waals surface area contributed by atoms with Crippen LogP contribution in [0.3, 0.4) is 0 Å². The van der Waals surface area contributed by atoms with E-state index in [4.69, 9.17) is 19.7 Å². The summed E-state index contributed by atoms with van der Waals surface area (Å²) in [7, 11) is 1.42. The quantitative estimate of drug-likeness (QED) is 0.649. The molecule has 0 saturated carbocycles. The molecule has 8 nitrogen and oxygen atoms in total. The highest BCUT2D eigenvalue weighted by Crippen LogP contribution is 2.32. The van der Waals surface area contributed by atoms with Gasteiger partial charge in [-0.1, -0.05) is 6.07 Å². The standard InChI is InChI=1S/C18H17NO7/c1-10(17(21)22)26-16-11(4-3-5-15(16)25-2)9-19-12-6-7-14(20)13(8-12)18(23)24/h3-10,20H,1-2H3,(H,21,22)(H,23,24)/t10-/m0/s1. The average molecular weight is 359 g/mol. The first-order valence-corrected chi connectivity index (χ1v) is 7.50. The number of rotatable bonds is 7. The summed E-state index contributed by atoms with van der Waals surface area (Å²) in [6.45, 7) is 1.38. The van der Waals surface area contributed by atoms with Crippen LogP contribution in [0.5, 0.6) is 17.2 Å². The number of aromatic hydroxyl groups is 1. The molecule has 0 aliphatic heterocycles. The number of aromatic carboxylic acids is 1. The average Bonchev–Trinajstić information content (AvgIpc) is 2.61. The largest absolute Gasteiger partial charge is 0.507 e. The highest BCUT2D eigenvalue weighted by molar-refractivity contribution is 5.92. The van der Waals surface area contributed by atoms with E-state index in [0.717, 1.165) is 0 Å². The Kier molecular flexibility index (Phi) is 5.79. The summed E-state index contributed by atoms with van der Waals surface area (Å²) in [5, 5.41) is 27.6. The fraction of sp³-hybridized carbons (Fsp3) is 0.167. The maximum absolute atomic E-state index is 11.1. The summed E-state index contributed by atoms with van der Waals surface area (Å²) in [6, 6.07) is 8.83. The Hall–Kier alpha value is -3.55. The topological polar surface area (TPSA) is 126 Å². The first kappa shape index (κ1) is 18.8. The number of benzene rings is 2. The number of ether oxygens (including phenoxy) is 2. The van der Waals surface area contributed by atoms with E-state index in [-0.39, 0.29) is 17.1 Å². The van der Waals surface area contributed by atoms with Crippen molar-refractivity contribution >= 4 is 23.8 Å². The Morgan fingerprint density at radius 1 is 1.19 bits per heavy atom. The zero-order chi connectivity index (χ0) is 19.3. The van der Waals surface area contributed by atoms with Crippen LogP contribution in [0.15, 0.2) is 41.4 Å². The molecule has 26 heavy (non-hydrogen) atoms. The second-order valence-corrected chi connectivity index (χ2v) is 5.24. The molecule has 1 atom stereocenters. The maximum atomic E-state index is 11.1. The minimum atomic E-state index is -1.28. The van der Waals surface area contributed by atoms with E-state index < -0.39 is 18.0 Å². The van der Waals surface area contributed by atoms with E-state index in [9.17, 15) is 14.7 Å². The maximum Gasteiger partial charge on any atom is 0.344 e. The predicted octanol–water partition coefficient (Wildman–Crippen LogP) is 2.70. The lowest BCUT2D eigenvalue weighted by atomic mass is 10.1. The van der Waals surface area contributed by atoms with Crippen LogP contribution >= 0.6 is 0 Å². The van der Waals surface area contributed by atoms with Crippen molar-refractivity contribution in [2.75, 3.05) is 7.11 Å². The van der Waals surface area contributed by atoms with Gasteiger partial charge in [0.15, 0.2) is 17.6 Å². The number of phenols is 1. The lowest BCUT2D eigenvalue weighted by molar-refractivity contribution is -0.144. The van der Waals surface area contributed by atoms with Crippen molar-refractivity contribution in [3.8, 4) is 17.2 Å². The third kappa shape index (κ3) is 4.29. The van der Waals surface area contributed by atoms with Crippen molar-refractivity contribution in [1.82, 2.24) is 0 Å². The number of methoxy groups -OCH3 is 1. The molecule has 0 heterocycles. The van der Waals surface area contributed by atoms with Crippen molar-refractivity contribution in [2.45, 2.75) is 13.0 Å². The molecule has 0 aromatic heterocycles. The van der Waals surface area contributed by atoms with Crippen molar-refractivity contribution in [3.63, 3.8) is 0 Å². The summed E-state index contributed by atoms with van der Waals surface area (Å²) in [5.41, 5.74) is 0.462. The van der Waals surface area contributed by atoms with Crippen LogP contribution in [0.2, 0.25) is 0 Å². The van der Waals surface area contributed by atoms with Gasteiger partial charge < -0.3 is 24.8 Å². The predicted molar refractivity (Wildman–Crippen MR) is 93.0 cm³/mol. The Bertz CT molecular complexity index is 861. The van der Waals surface area contributed by atoms with Crippen molar-refractivity contribution in [1.29, 1.82) is 0 Å². The summed E-state index contributed by atoms with van der Waals surface area (Å²) in [4.78, 5) is 26.3. The Labute approximate surface area is 149 Å². The SMILES string of the molecule is COc1cccc(C=Nc2ccc(O)c(C(=O)O)c2)c1O[C@@H](C)C(=O)O. The highest BCUT2D eigenvalue weighted by Gasteiger charge is 2.18. The van der Waals surface area contributed by atoms with Crippen LogP contribution in [0.4, 0.5) is 5.69 Å². The van der Waals surface area contributed by atoms with Gasteiger partial charge in [-0.25, -0.2) is 9.59 Å². The normalized spacial score (nSPS) is 11.9. The first-order chi connectivity index (χ1) is 12.3. The molecule has 0 amide bonds. The summed E-state index contributed by atoms with van der Waals surface area (Å²) >= 11 is 0. The zero-order valence-corrected chi connectivity index (χ0v) is 14.0. The van der Waals surface area contributed by atoms with Gasteiger partial charge >= 0.3 is 11.9 Å². The van der Waals surface area contributed by atoms with Crippen molar-refractivity contribution < 1.29 is 34.4 Å². The molecule has 2 aromatic carbocycles. The van der Waals surface area contributed by atoms with E-state index in [1.165, 1.54) is 38.4 Å². The fourth-order valence-corrected chi connectivity index (χ4v) is 2.07. The number of hydrogen-bond donors (Lipinski definition) is 3. The monoisotopic (exact) mass is 359 g/mol. The molecule has 0 saturated heterocycles. The van der Waals surface area contributed by atoms with Crippen molar-refractivity contribution in [3.05, 3.63) is 47.5 Å². The molecule has 8 heteroatoms. The van der Waals surface area contributed by atoms with Crippen LogP contribution in [0.25, 0.3) is 0 Å². The first-order valence-electron chi connectivity index (χ1n) is 7.50. The van der Waals surface area contributed by atoms with E-state index in [1.54, 1.807) is 18.2 Å². The lowest BCUT2D eigenvalue weighted by Crippen LogP contribution is -2.23. The van der Waals surface area contributed by atoms with Crippen LogP contribution in [0, 0.1) is 0 Å². The van der Waals surface area contributed by atoms with Gasteiger partial charge in [-0.15, -0.1) is 0 Å². The van der Waals surface area contributed by atoms with Crippen LogP contribution < -0.4 is 9.47 Å². The van der Waals surface area contributed by atoms with E-state index in [0.29, 0.717) is 17.0 Å². The third-order valence-electron chi connectivity index (χ3n) is 3.43. The molecular weight excluding hydrogens is 342 g/mol. The molecule has 136 valence electrons. The molecular formula is C18H17NO7. The molecule has 2 rings (SSSR count). The molecule has 0 aliphatic rings.